The highest BCUT2D eigenvalue weighted by molar-refractivity contribution is 5.94. The maximum absolute atomic E-state index is 13.0. The van der Waals surface area contributed by atoms with Crippen molar-refractivity contribution in [2.75, 3.05) is 6.54 Å². The Morgan fingerprint density at radius 3 is 2.34 bits per heavy atom. The van der Waals surface area contributed by atoms with E-state index < -0.39 is 29.7 Å². The van der Waals surface area contributed by atoms with Crippen LogP contribution in [-0.2, 0) is 25.6 Å². The second-order valence-electron chi connectivity index (χ2n) is 8.73. The second kappa shape index (κ2) is 12.0. The Hall–Kier alpha value is -3.16. The first-order valence-corrected chi connectivity index (χ1v) is 11.7. The fourth-order valence-electron chi connectivity index (χ4n) is 4.27. The summed E-state index contributed by atoms with van der Waals surface area (Å²) >= 11 is 0. The molecular formula is C28H31F3N2O2. The van der Waals surface area contributed by atoms with E-state index in [2.05, 4.69) is 12.2 Å². The average Bonchev–Trinajstić information content (AvgIpc) is 2.83. The van der Waals surface area contributed by atoms with E-state index in [1.54, 1.807) is 12.1 Å². The third kappa shape index (κ3) is 7.41. The standard InChI is InChI=1S/C28H31F3N2O2/c1-2-7-19-12-13-23(25(16-19)27(32)35)24(15-20-8-4-3-5-9-20)26(34)18-33-17-21-10-6-11-22(14-21)28(29,30)31/h3-6,8-14,16,24,26,33-34H,2,7,15,17-18H2,1H3,(H2,32,35)/t24-,26-/m0/s1. The van der Waals surface area contributed by atoms with Gasteiger partial charge in [-0.1, -0.05) is 74.0 Å². The normalized spacial score (nSPS) is 13.4. The number of nitrogens with one attached hydrogen (secondary N) is 1. The van der Waals surface area contributed by atoms with Gasteiger partial charge in [0.1, 0.15) is 0 Å². The van der Waals surface area contributed by atoms with Gasteiger partial charge in [-0.15, -0.1) is 0 Å². The summed E-state index contributed by atoms with van der Waals surface area (Å²) in [5.74, 6) is -0.996. The number of carbonyl (C=O) groups excluding carboxylic acids is 1. The van der Waals surface area contributed by atoms with Gasteiger partial charge in [0.05, 0.1) is 11.7 Å². The largest absolute Gasteiger partial charge is 0.416 e. The predicted molar refractivity (Wildman–Crippen MR) is 131 cm³/mol. The molecule has 0 heterocycles. The number of carbonyl (C=O) groups is 1. The van der Waals surface area contributed by atoms with Crippen molar-refractivity contribution in [2.45, 2.75) is 50.9 Å². The van der Waals surface area contributed by atoms with Gasteiger partial charge < -0.3 is 16.2 Å². The number of aryl methyl sites for hydroxylation is 1. The molecule has 4 N–H and O–H groups in total. The summed E-state index contributed by atoms with van der Waals surface area (Å²) in [5, 5.41) is 14.2. The van der Waals surface area contributed by atoms with E-state index in [1.807, 2.05) is 42.5 Å². The van der Waals surface area contributed by atoms with Crippen LogP contribution >= 0.6 is 0 Å². The van der Waals surface area contributed by atoms with Crippen LogP contribution in [0.25, 0.3) is 0 Å². The molecule has 0 aliphatic rings. The van der Waals surface area contributed by atoms with Gasteiger partial charge in [0.15, 0.2) is 0 Å². The number of primary amides is 1. The molecule has 0 fully saturated rings. The van der Waals surface area contributed by atoms with Gasteiger partial charge in [0, 0.05) is 24.6 Å². The number of hydrogen-bond donors (Lipinski definition) is 3. The number of aliphatic hydroxyl groups excluding tert-OH is 1. The fourth-order valence-corrected chi connectivity index (χ4v) is 4.27. The summed E-state index contributed by atoms with van der Waals surface area (Å²) in [6.45, 7) is 2.34. The molecule has 0 unspecified atom stereocenters. The van der Waals surface area contributed by atoms with Crippen LogP contribution in [0.3, 0.4) is 0 Å². The van der Waals surface area contributed by atoms with Crippen molar-refractivity contribution in [1.29, 1.82) is 0 Å². The molecule has 0 bridgehead atoms. The number of alkyl halides is 3. The van der Waals surface area contributed by atoms with Crippen LogP contribution in [0, 0.1) is 0 Å². The Kier molecular flexibility index (Phi) is 9.07. The smallest absolute Gasteiger partial charge is 0.391 e. The van der Waals surface area contributed by atoms with E-state index in [0.717, 1.165) is 36.1 Å². The lowest BCUT2D eigenvalue weighted by atomic mass is 9.83. The topological polar surface area (TPSA) is 75.3 Å². The molecule has 3 aromatic carbocycles. The van der Waals surface area contributed by atoms with E-state index in [9.17, 15) is 23.1 Å². The van der Waals surface area contributed by atoms with Crippen LogP contribution in [0.15, 0.2) is 72.8 Å². The zero-order valence-corrected chi connectivity index (χ0v) is 19.7. The zero-order chi connectivity index (χ0) is 25.4. The third-order valence-electron chi connectivity index (χ3n) is 6.02. The molecule has 1 amide bonds. The van der Waals surface area contributed by atoms with Gasteiger partial charge in [-0.2, -0.15) is 13.2 Å². The van der Waals surface area contributed by atoms with Crippen molar-refractivity contribution in [3.8, 4) is 0 Å². The van der Waals surface area contributed by atoms with Crippen LogP contribution in [0.4, 0.5) is 13.2 Å². The average molecular weight is 485 g/mol. The second-order valence-corrected chi connectivity index (χ2v) is 8.73. The molecule has 0 saturated heterocycles. The van der Waals surface area contributed by atoms with Crippen molar-refractivity contribution < 1.29 is 23.1 Å². The first-order chi connectivity index (χ1) is 16.7. The Bertz CT molecular complexity index is 1120. The number of rotatable bonds is 11. The minimum absolute atomic E-state index is 0.128. The number of hydrogen-bond acceptors (Lipinski definition) is 3. The molecule has 4 nitrogen and oxygen atoms in total. The quantitative estimate of drug-likeness (QED) is 0.349. The molecule has 0 aromatic heterocycles. The summed E-state index contributed by atoms with van der Waals surface area (Å²) in [6, 6.07) is 20.3. The lowest BCUT2D eigenvalue weighted by Gasteiger charge is -2.26. The van der Waals surface area contributed by atoms with Crippen molar-refractivity contribution in [3.63, 3.8) is 0 Å². The SMILES string of the molecule is CCCc1ccc([C@H](Cc2ccccc2)[C@@H](O)CNCc2cccc(C(F)(F)F)c2)c(C(N)=O)c1. The summed E-state index contributed by atoms with van der Waals surface area (Å²) in [7, 11) is 0. The summed E-state index contributed by atoms with van der Waals surface area (Å²) in [6.07, 6.45) is -3.11. The molecule has 0 saturated carbocycles. The first-order valence-electron chi connectivity index (χ1n) is 11.7. The molecule has 7 heteroatoms. The highest BCUT2D eigenvalue weighted by Crippen LogP contribution is 2.30. The number of benzene rings is 3. The van der Waals surface area contributed by atoms with Crippen molar-refractivity contribution in [3.05, 3.63) is 106 Å². The van der Waals surface area contributed by atoms with E-state index in [0.29, 0.717) is 23.1 Å². The van der Waals surface area contributed by atoms with Crippen molar-refractivity contribution >= 4 is 5.91 Å². The van der Waals surface area contributed by atoms with E-state index in [1.165, 1.54) is 6.07 Å². The van der Waals surface area contributed by atoms with Gasteiger partial charge in [-0.25, -0.2) is 0 Å². The first kappa shape index (κ1) is 26.4. The minimum atomic E-state index is -4.41. The Morgan fingerprint density at radius 1 is 0.971 bits per heavy atom. The Labute approximate surface area is 204 Å². The van der Waals surface area contributed by atoms with Gasteiger partial charge in [-0.3, -0.25) is 4.79 Å². The monoisotopic (exact) mass is 484 g/mol. The van der Waals surface area contributed by atoms with Crippen LogP contribution in [0.1, 0.15) is 57.4 Å². The molecule has 0 spiro atoms. The van der Waals surface area contributed by atoms with Crippen LogP contribution < -0.4 is 11.1 Å². The molecule has 3 rings (SSSR count). The van der Waals surface area contributed by atoms with Crippen molar-refractivity contribution in [1.82, 2.24) is 5.32 Å². The number of aliphatic hydroxyl groups is 1. The Balaban J connectivity index is 1.82. The van der Waals surface area contributed by atoms with Crippen LogP contribution in [0.2, 0.25) is 0 Å². The molecule has 186 valence electrons. The number of amides is 1. The molecule has 35 heavy (non-hydrogen) atoms. The number of nitrogens with two attached hydrogens (primary N) is 1. The van der Waals surface area contributed by atoms with Gasteiger partial charge in [-0.05, 0) is 47.2 Å². The maximum Gasteiger partial charge on any atom is 0.416 e. The van der Waals surface area contributed by atoms with Crippen molar-refractivity contribution in [2.24, 2.45) is 5.73 Å². The molecule has 0 radical (unpaired) electrons. The highest BCUT2D eigenvalue weighted by Gasteiger charge is 2.30. The number of halogens is 3. The van der Waals surface area contributed by atoms with Gasteiger partial charge >= 0.3 is 6.18 Å². The van der Waals surface area contributed by atoms with Gasteiger partial charge in [0.25, 0.3) is 0 Å². The van der Waals surface area contributed by atoms with Crippen LogP contribution in [0.5, 0.6) is 0 Å². The summed E-state index contributed by atoms with van der Waals surface area (Å²) in [4.78, 5) is 12.3. The Morgan fingerprint density at radius 2 is 1.69 bits per heavy atom. The lowest BCUT2D eigenvalue weighted by molar-refractivity contribution is -0.137. The van der Waals surface area contributed by atoms with Crippen LogP contribution in [-0.4, -0.2) is 23.7 Å². The summed E-state index contributed by atoms with van der Waals surface area (Å²) < 4.78 is 39.0. The predicted octanol–water partition coefficient (Wildman–Crippen LogP) is 5.23. The van der Waals surface area contributed by atoms with E-state index in [-0.39, 0.29) is 13.1 Å². The van der Waals surface area contributed by atoms with E-state index in [4.69, 9.17) is 5.73 Å². The maximum atomic E-state index is 13.0. The minimum Gasteiger partial charge on any atom is -0.391 e. The van der Waals surface area contributed by atoms with Gasteiger partial charge in [0.2, 0.25) is 5.91 Å². The third-order valence-corrected chi connectivity index (χ3v) is 6.02. The molecule has 3 aromatic rings. The summed E-state index contributed by atoms with van der Waals surface area (Å²) in [5.41, 5.74) is 8.50. The highest BCUT2D eigenvalue weighted by atomic mass is 19.4. The lowest BCUT2D eigenvalue weighted by Crippen LogP contribution is -2.33. The fraction of sp³-hybridized carbons (Fsp3) is 0.321. The molecule has 0 aliphatic carbocycles. The van der Waals surface area contributed by atoms with E-state index >= 15 is 0 Å². The molecule has 2 atom stereocenters. The zero-order valence-electron chi connectivity index (χ0n) is 19.7. The molecular weight excluding hydrogens is 453 g/mol. The molecule has 0 aliphatic heterocycles.